The van der Waals surface area contributed by atoms with E-state index in [9.17, 15) is 0 Å². The van der Waals surface area contributed by atoms with E-state index in [0.717, 1.165) is 18.9 Å². The number of likely N-dealkylation sites (N-methyl/N-ethyl adjacent to an activating group) is 1. The molecule has 114 valence electrons. The molecule has 0 aromatic carbocycles. The lowest BCUT2D eigenvalue weighted by Crippen LogP contribution is -2.54. The lowest BCUT2D eigenvalue weighted by molar-refractivity contribution is -0.0741. The number of hydrogen-bond donors (Lipinski definition) is 1. The Morgan fingerprint density at radius 3 is 2.70 bits per heavy atom. The van der Waals surface area contributed by atoms with Gasteiger partial charge in [-0.3, -0.25) is 0 Å². The summed E-state index contributed by atoms with van der Waals surface area (Å²) < 4.78 is 7.24. The van der Waals surface area contributed by atoms with Crippen molar-refractivity contribution in [2.24, 2.45) is 5.92 Å². The van der Waals surface area contributed by atoms with Gasteiger partial charge in [0.1, 0.15) is 0 Å². The SMILES string of the molecule is CCNC(Cc1cc(Br)cs1)C1(OC)CCC(C)CC1. The predicted molar refractivity (Wildman–Crippen MR) is 90.6 cm³/mol. The number of halogens is 1. The summed E-state index contributed by atoms with van der Waals surface area (Å²) in [6.07, 6.45) is 5.98. The van der Waals surface area contributed by atoms with Gasteiger partial charge in [-0.05, 0) is 66.6 Å². The number of rotatable bonds is 6. The zero-order valence-electron chi connectivity index (χ0n) is 12.7. The maximum Gasteiger partial charge on any atom is 0.0834 e. The summed E-state index contributed by atoms with van der Waals surface area (Å²) >= 11 is 5.39. The Morgan fingerprint density at radius 1 is 1.50 bits per heavy atom. The first-order valence-corrected chi connectivity index (χ1v) is 9.28. The van der Waals surface area contributed by atoms with Gasteiger partial charge >= 0.3 is 0 Å². The number of methoxy groups -OCH3 is 1. The first-order chi connectivity index (χ1) is 9.59. The second-order valence-corrected chi connectivity index (χ2v) is 7.91. The fraction of sp³-hybridized carbons (Fsp3) is 0.750. The van der Waals surface area contributed by atoms with Crippen molar-refractivity contribution in [3.8, 4) is 0 Å². The fourth-order valence-corrected chi connectivity index (χ4v) is 4.80. The first kappa shape index (κ1) is 16.5. The summed E-state index contributed by atoms with van der Waals surface area (Å²) in [5.74, 6) is 0.844. The van der Waals surface area contributed by atoms with Crippen LogP contribution in [0.2, 0.25) is 0 Å². The molecule has 1 aromatic rings. The lowest BCUT2D eigenvalue weighted by Gasteiger charge is -2.44. The van der Waals surface area contributed by atoms with Crippen LogP contribution in [0.15, 0.2) is 15.9 Å². The zero-order chi connectivity index (χ0) is 14.6. The minimum atomic E-state index is 0.0129. The Bertz CT molecular complexity index is 412. The van der Waals surface area contributed by atoms with Gasteiger partial charge in [-0.2, -0.15) is 0 Å². The molecular formula is C16H26BrNOS. The molecule has 1 fully saturated rings. The van der Waals surface area contributed by atoms with E-state index >= 15 is 0 Å². The van der Waals surface area contributed by atoms with Gasteiger partial charge in [0.25, 0.3) is 0 Å². The van der Waals surface area contributed by atoms with E-state index in [1.807, 2.05) is 18.4 Å². The molecule has 0 spiro atoms. The maximum absolute atomic E-state index is 6.05. The van der Waals surface area contributed by atoms with Crippen LogP contribution < -0.4 is 5.32 Å². The summed E-state index contributed by atoms with van der Waals surface area (Å²) in [5.41, 5.74) is 0.0129. The molecule has 0 radical (unpaired) electrons. The molecule has 2 rings (SSSR count). The second-order valence-electron chi connectivity index (χ2n) is 6.00. The third-order valence-electron chi connectivity index (χ3n) is 4.64. The maximum atomic E-state index is 6.05. The van der Waals surface area contributed by atoms with E-state index < -0.39 is 0 Å². The smallest absolute Gasteiger partial charge is 0.0834 e. The quantitative estimate of drug-likeness (QED) is 0.799. The molecule has 0 amide bonds. The number of hydrogen-bond acceptors (Lipinski definition) is 3. The van der Waals surface area contributed by atoms with Gasteiger partial charge in [-0.1, -0.05) is 13.8 Å². The van der Waals surface area contributed by atoms with Crippen molar-refractivity contribution in [2.45, 2.75) is 57.6 Å². The van der Waals surface area contributed by atoms with Crippen LogP contribution in [0.5, 0.6) is 0 Å². The molecule has 1 saturated carbocycles. The average Bonchev–Trinajstić information content (AvgIpc) is 2.85. The first-order valence-electron chi connectivity index (χ1n) is 7.61. The molecule has 4 heteroatoms. The van der Waals surface area contributed by atoms with Gasteiger partial charge in [-0.25, -0.2) is 0 Å². The number of ether oxygens (including phenoxy) is 1. The zero-order valence-corrected chi connectivity index (χ0v) is 15.1. The monoisotopic (exact) mass is 359 g/mol. The standard InChI is InChI=1S/C16H26BrNOS/c1-4-18-15(10-14-9-13(17)11-20-14)16(19-3)7-5-12(2)6-8-16/h9,11-12,15,18H,4-8,10H2,1-3H3. The van der Waals surface area contributed by atoms with Gasteiger partial charge in [0.15, 0.2) is 0 Å². The molecule has 2 nitrogen and oxygen atoms in total. The highest BCUT2D eigenvalue weighted by molar-refractivity contribution is 9.10. The Balaban J connectivity index is 2.12. The van der Waals surface area contributed by atoms with Crippen LogP contribution in [0.3, 0.4) is 0 Å². The molecular weight excluding hydrogens is 334 g/mol. The van der Waals surface area contributed by atoms with Gasteiger partial charge in [-0.15, -0.1) is 11.3 Å². The Labute approximate surface area is 135 Å². The van der Waals surface area contributed by atoms with Gasteiger partial charge in [0.05, 0.1) is 5.60 Å². The summed E-state index contributed by atoms with van der Waals surface area (Å²) in [6.45, 7) is 5.54. The largest absolute Gasteiger partial charge is 0.377 e. The van der Waals surface area contributed by atoms with Crippen LogP contribution >= 0.6 is 27.3 Å². The van der Waals surface area contributed by atoms with E-state index in [0.29, 0.717) is 6.04 Å². The van der Waals surface area contributed by atoms with Crippen molar-refractivity contribution in [3.05, 3.63) is 20.8 Å². The summed E-state index contributed by atoms with van der Waals surface area (Å²) in [4.78, 5) is 1.43. The van der Waals surface area contributed by atoms with Crippen LogP contribution in [0.25, 0.3) is 0 Å². The Morgan fingerprint density at radius 2 is 2.20 bits per heavy atom. The highest BCUT2D eigenvalue weighted by atomic mass is 79.9. The Kier molecular flexibility index (Phi) is 6.09. The van der Waals surface area contributed by atoms with Crippen LogP contribution in [-0.2, 0) is 11.2 Å². The lowest BCUT2D eigenvalue weighted by atomic mass is 9.74. The number of thiophene rings is 1. The van der Waals surface area contributed by atoms with Crippen LogP contribution in [0, 0.1) is 5.92 Å². The second kappa shape index (κ2) is 7.39. The highest BCUT2D eigenvalue weighted by Crippen LogP contribution is 2.38. The predicted octanol–water partition coefficient (Wildman–Crippen LogP) is 4.63. The van der Waals surface area contributed by atoms with Crippen molar-refractivity contribution >= 4 is 27.3 Å². The molecule has 1 aliphatic carbocycles. The van der Waals surface area contributed by atoms with E-state index in [1.165, 1.54) is 35.0 Å². The summed E-state index contributed by atoms with van der Waals surface area (Å²) in [6, 6.07) is 2.65. The molecule has 1 N–H and O–H groups in total. The van der Waals surface area contributed by atoms with Crippen molar-refractivity contribution in [1.29, 1.82) is 0 Å². The van der Waals surface area contributed by atoms with Crippen LogP contribution in [0.1, 0.15) is 44.4 Å². The molecule has 1 heterocycles. The van der Waals surface area contributed by atoms with Crippen molar-refractivity contribution in [3.63, 3.8) is 0 Å². The molecule has 1 unspecified atom stereocenters. The van der Waals surface area contributed by atoms with E-state index in [4.69, 9.17) is 4.74 Å². The molecule has 1 aliphatic rings. The topological polar surface area (TPSA) is 21.3 Å². The molecule has 0 saturated heterocycles. The average molecular weight is 360 g/mol. The summed E-state index contributed by atoms with van der Waals surface area (Å²) in [7, 11) is 1.89. The molecule has 0 aliphatic heterocycles. The van der Waals surface area contributed by atoms with Crippen molar-refractivity contribution < 1.29 is 4.74 Å². The van der Waals surface area contributed by atoms with E-state index in [2.05, 4.69) is 46.5 Å². The molecule has 1 aromatic heterocycles. The van der Waals surface area contributed by atoms with Crippen molar-refractivity contribution in [2.75, 3.05) is 13.7 Å². The van der Waals surface area contributed by atoms with Crippen LogP contribution in [-0.4, -0.2) is 25.3 Å². The van der Waals surface area contributed by atoms with E-state index in [1.54, 1.807) is 0 Å². The number of nitrogens with one attached hydrogen (secondary N) is 1. The normalized spacial score (nSPS) is 28.5. The molecule has 20 heavy (non-hydrogen) atoms. The highest BCUT2D eigenvalue weighted by Gasteiger charge is 2.41. The molecule has 0 bridgehead atoms. The van der Waals surface area contributed by atoms with Crippen molar-refractivity contribution in [1.82, 2.24) is 5.32 Å². The molecule has 1 atom stereocenters. The minimum absolute atomic E-state index is 0.0129. The third-order valence-corrected chi connectivity index (χ3v) is 6.36. The fourth-order valence-electron chi connectivity index (χ4n) is 3.30. The van der Waals surface area contributed by atoms with Crippen LogP contribution in [0.4, 0.5) is 0 Å². The van der Waals surface area contributed by atoms with Gasteiger partial charge in [0, 0.05) is 27.9 Å². The third kappa shape index (κ3) is 3.85. The summed E-state index contributed by atoms with van der Waals surface area (Å²) in [5, 5.41) is 5.85. The van der Waals surface area contributed by atoms with Gasteiger partial charge in [0.2, 0.25) is 0 Å². The minimum Gasteiger partial charge on any atom is -0.377 e. The van der Waals surface area contributed by atoms with Gasteiger partial charge < -0.3 is 10.1 Å². The van der Waals surface area contributed by atoms with E-state index in [-0.39, 0.29) is 5.60 Å². The Hall–Kier alpha value is 0.1000.